The first-order valence-electron chi connectivity index (χ1n) is 8.24. The van der Waals surface area contributed by atoms with Crippen LogP contribution < -0.4 is 4.74 Å². The summed E-state index contributed by atoms with van der Waals surface area (Å²) in [7, 11) is 0. The first kappa shape index (κ1) is 15.5. The minimum absolute atomic E-state index is 0.258. The largest absolute Gasteiger partial charge is 0.492 e. The molecule has 3 nitrogen and oxygen atoms in total. The molecule has 0 saturated heterocycles. The van der Waals surface area contributed by atoms with Gasteiger partial charge in [-0.05, 0) is 47.0 Å². The number of carboxylic acids is 1. The zero-order chi connectivity index (χ0) is 17.4. The Morgan fingerprint density at radius 2 is 1.88 bits per heavy atom. The summed E-state index contributed by atoms with van der Waals surface area (Å²) in [4.78, 5) is 10.8. The van der Waals surface area contributed by atoms with Gasteiger partial charge in [0.25, 0.3) is 0 Å². The molecule has 0 amide bonds. The maximum absolute atomic E-state index is 10.8. The summed E-state index contributed by atoms with van der Waals surface area (Å²) in [6.07, 6.45) is 2.77. The molecule has 25 heavy (non-hydrogen) atoms. The zero-order valence-electron chi connectivity index (χ0n) is 13.9. The Morgan fingerprint density at radius 1 is 1.08 bits per heavy atom. The molecule has 0 fully saturated rings. The van der Waals surface area contributed by atoms with Gasteiger partial charge < -0.3 is 9.84 Å². The molecule has 0 bridgehead atoms. The van der Waals surface area contributed by atoms with Crippen molar-refractivity contribution in [2.75, 3.05) is 6.61 Å². The Kier molecular flexibility index (Phi) is 3.57. The van der Waals surface area contributed by atoms with Gasteiger partial charge in [0, 0.05) is 11.6 Å². The molecule has 3 aromatic rings. The monoisotopic (exact) mass is 330 g/mol. The van der Waals surface area contributed by atoms with Crippen LogP contribution in [0.1, 0.15) is 23.6 Å². The predicted octanol–water partition coefficient (Wildman–Crippen LogP) is 4.64. The van der Waals surface area contributed by atoms with E-state index < -0.39 is 5.97 Å². The SMILES string of the molecule is CC1(c2ccc3ccccc3c2)COc2ccc(C=CC(=O)O)cc21. The Balaban J connectivity index is 1.81. The van der Waals surface area contributed by atoms with Gasteiger partial charge in [-0.1, -0.05) is 48.5 Å². The highest BCUT2D eigenvalue weighted by Crippen LogP contribution is 2.44. The molecule has 0 saturated carbocycles. The van der Waals surface area contributed by atoms with Gasteiger partial charge in [0.2, 0.25) is 0 Å². The van der Waals surface area contributed by atoms with Gasteiger partial charge in [0.05, 0.1) is 5.41 Å². The third-order valence-corrected chi connectivity index (χ3v) is 4.92. The van der Waals surface area contributed by atoms with E-state index in [9.17, 15) is 4.79 Å². The van der Waals surface area contributed by atoms with Crippen molar-refractivity contribution >= 4 is 22.8 Å². The van der Waals surface area contributed by atoms with Crippen LogP contribution in [0.4, 0.5) is 0 Å². The smallest absolute Gasteiger partial charge is 0.328 e. The molecule has 124 valence electrons. The lowest BCUT2D eigenvalue weighted by atomic mass is 9.77. The third kappa shape index (κ3) is 2.68. The summed E-state index contributed by atoms with van der Waals surface area (Å²) >= 11 is 0. The second kappa shape index (κ2) is 5.78. The number of fused-ring (bicyclic) bond motifs is 2. The van der Waals surface area contributed by atoms with E-state index in [0.29, 0.717) is 6.61 Å². The molecule has 1 N–H and O–H groups in total. The Hall–Kier alpha value is -3.07. The first-order valence-corrected chi connectivity index (χ1v) is 8.24. The molecule has 1 aliphatic heterocycles. The summed E-state index contributed by atoms with van der Waals surface area (Å²) in [5.41, 5.74) is 2.89. The Labute approximate surface area is 146 Å². The van der Waals surface area contributed by atoms with E-state index in [-0.39, 0.29) is 5.41 Å². The fourth-order valence-electron chi connectivity index (χ4n) is 3.45. The van der Waals surface area contributed by atoms with Crippen molar-refractivity contribution in [1.29, 1.82) is 0 Å². The summed E-state index contributed by atoms with van der Waals surface area (Å²) in [5.74, 6) is -0.0860. The average molecular weight is 330 g/mol. The van der Waals surface area contributed by atoms with Gasteiger partial charge in [-0.15, -0.1) is 0 Å². The highest BCUT2D eigenvalue weighted by atomic mass is 16.5. The minimum atomic E-state index is -0.950. The van der Waals surface area contributed by atoms with Crippen LogP contribution in [0.2, 0.25) is 0 Å². The normalized spacial score (nSPS) is 19.1. The molecular weight excluding hydrogens is 312 g/mol. The number of aliphatic carboxylic acids is 1. The van der Waals surface area contributed by atoms with E-state index >= 15 is 0 Å². The van der Waals surface area contributed by atoms with Gasteiger partial charge in [-0.25, -0.2) is 4.79 Å². The van der Waals surface area contributed by atoms with Crippen LogP contribution in [0.15, 0.2) is 66.7 Å². The maximum Gasteiger partial charge on any atom is 0.328 e. The number of carboxylic acid groups (broad SMARTS) is 1. The van der Waals surface area contributed by atoms with E-state index in [4.69, 9.17) is 9.84 Å². The summed E-state index contributed by atoms with van der Waals surface area (Å²) in [6.45, 7) is 2.75. The highest BCUT2D eigenvalue weighted by Gasteiger charge is 2.38. The molecule has 1 atom stereocenters. The molecule has 3 heteroatoms. The van der Waals surface area contributed by atoms with Crippen molar-refractivity contribution in [1.82, 2.24) is 0 Å². The molecular formula is C22H18O3. The van der Waals surface area contributed by atoms with E-state index in [0.717, 1.165) is 23.0 Å². The second-order valence-electron chi connectivity index (χ2n) is 6.61. The lowest BCUT2D eigenvalue weighted by Crippen LogP contribution is -2.25. The Morgan fingerprint density at radius 3 is 2.68 bits per heavy atom. The van der Waals surface area contributed by atoms with Crippen LogP contribution in [-0.4, -0.2) is 17.7 Å². The summed E-state index contributed by atoms with van der Waals surface area (Å²) in [6, 6.07) is 20.6. The van der Waals surface area contributed by atoms with Gasteiger partial charge in [0.1, 0.15) is 12.4 Å². The van der Waals surface area contributed by atoms with E-state index in [1.807, 2.05) is 30.3 Å². The third-order valence-electron chi connectivity index (χ3n) is 4.92. The quantitative estimate of drug-likeness (QED) is 0.712. The number of carbonyl (C=O) groups is 1. The van der Waals surface area contributed by atoms with Gasteiger partial charge in [-0.2, -0.15) is 0 Å². The van der Waals surface area contributed by atoms with E-state index in [2.05, 4.69) is 37.3 Å². The molecule has 0 aliphatic carbocycles. The Bertz CT molecular complexity index is 1000. The topological polar surface area (TPSA) is 46.5 Å². The molecule has 3 aromatic carbocycles. The number of rotatable bonds is 3. The van der Waals surface area contributed by atoms with Crippen LogP contribution in [0.3, 0.4) is 0 Å². The average Bonchev–Trinajstić information content (AvgIpc) is 2.97. The summed E-state index contributed by atoms with van der Waals surface area (Å²) < 4.78 is 5.92. The standard InChI is InChI=1S/C22H18O3/c1-22(18-9-8-16-4-2-3-5-17(16)13-18)14-25-20-10-6-15(12-19(20)22)7-11-21(23)24/h2-13H,14H2,1H3,(H,23,24). The molecule has 0 aromatic heterocycles. The van der Waals surface area contributed by atoms with E-state index in [1.165, 1.54) is 16.3 Å². The molecule has 0 radical (unpaired) electrons. The number of ether oxygens (including phenoxy) is 1. The van der Waals surface area contributed by atoms with Crippen LogP contribution in [-0.2, 0) is 10.2 Å². The minimum Gasteiger partial charge on any atom is -0.492 e. The van der Waals surface area contributed by atoms with Crippen LogP contribution in [0.5, 0.6) is 5.75 Å². The van der Waals surface area contributed by atoms with Crippen molar-refractivity contribution < 1.29 is 14.6 Å². The van der Waals surface area contributed by atoms with Gasteiger partial charge in [-0.3, -0.25) is 0 Å². The van der Waals surface area contributed by atoms with Crippen molar-refractivity contribution in [3.63, 3.8) is 0 Å². The fourth-order valence-corrected chi connectivity index (χ4v) is 3.45. The van der Waals surface area contributed by atoms with Crippen LogP contribution >= 0.6 is 0 Å². The lowest BCUT2D eigenvalue weighted by Gasteiger charge is -2.24. The maximum atomic E-state index is 10.8. The second-order valence-corrected chi connectivity index (χ2v) is 6.61. The summed E-state index contributed by atoms with van der Waals surface area (Å²) in [5, 5.41) is 11.3. The number of benzene rings is 3. The van der Waals surface area contributed by atoms with Crippen molar-refractivity contribution in [2.45, 2.75) is 12.3 Å². The van der Waals surface area contributed by atoms with Crippen molar-refractivity contribution in [3.8, 4) is 5.75 Å². The van der Waals surface area contributed by atoms with Crippen molar-refractivity contribution in [2.24, 2.45) is 0 Å². The number of hydrogen-bond acceptors (Lipinski definition) is 2. The number of hydrogen-bond donors (Lipinski definition) is 1. The van der Waals surface area contributed by atoms with Crippen LogP contribution in [0, 0.1) is 0 Å². The highest BCUT2D eigenvalue weighted by molar-refractivity contribution is 5.85. The van der Waals surface area contributed by atoms with Crippen LogP contribution in [0.25, 0.3) is 16.8 Å². The van der Waals surface area contributed by atoms with Gasteiger partial charge in [0.15, 0.2) is 0 Å². The van der Waals surface area contributed by atoms with Crippen molar-refractivity contribution in [3.05, 3.63) is 83.4 Å². The zero-order valence-corrected chi connectivity index (χ0v) is 13.9. The predicted molar refractivity (Wildman–Crippen MR) is 99.0 cm³/mol. The molecule has 1 heterocycles. The fraction of sp³-hybridized carbons (Fsp3) is 0.136. The molecule has 4 rings (SSSR count). The molecule has 0 spiro atoms. The van der Waals surface area contributed by atoms with Gasteiger partial charge >= 0.3 is 5.97 Å². The van der Waals surface area contributed by atoms with E-state index in [1.54, 1.807) is 6.08 Å². The molecule has 1 aliphatic rings. The first-order chi connectivity index (χ1) is 12.1. The molecule has 1 unspecified atom stereocenters. The lowest BCUT2D eigenvalue weighted by molar-refractivity contribution is -0.131.